The van der Waals surface area contributed by atoms with Crippen LogP contribution in [0.15, 0.2) is 48.8 Å². The quantitative estimate of drug-likeness (QED) is 0.396. The van der Waals surface area contributed by atoms with Crippen LogP contribution in [-0.4, -0.2) is 57.9 Å². The highest BCUT2D eigenvalue weighted by Crippen LogP contribution is 2.31. The van der Waals surface area contributed by atoms with Gasteiger partial charge in [-0.2, -0.15) is 26.2 Å². The predicted molar refractivity (Wildman–Crippen MR) is 121 cm³/mol. The number of imidazole rings is 1. The lowest BCUT2D eigenvalue weighted by Crippen LogP contribution is -2.28. The molecule has 1 N–H and O–H groups in total. The first-order valence-electron chi connectivity index (χ1n) is 9.50. The second-order valence-electron chi connectivity index (χ2n) is 7.28. The molecule has 0 saturated carbocycles. The number of benzene rings is 2. The lowest BCUT2D eigenvalue weighted by molar-refractivity contribution is 0.466. The van der Waals surface area contributed by atoms with Crippen molar-refractivity contribution in [2.24, 2.45) is 0 Å². The topological polar surface area (TPSA) is 127 Å². The first-order valence-corrected chi connectivity index (χ1v) is 12.3. The molecular formula is C20H17F2N5O5S2. The maximum atomic E-state index is 15.1. The Balaban J connectivity index is 1.95. The van der Waals surface area contributed by atoms with E-state index in [-0.39, 0.29) is 26.6 Å². The molecule has 0 bridgehead atoms. The van der Waals surface area contributed by atoms with Crippen LogP contribution in [0.5, 0.6) is 0 Å². The van der Waals surface area contributed by atoms with Crippen molar-refractivity contribution >= 4 is 43.6 Å². The fraction of sp³-hybridized carbons (Fsp3) is 0.100. The fourth-order valence-corrected chi connectivity index (χ4v) is 4.75. The van der Waals surface area contributed by atoms with Gasteiger partial charge in [-0.3, -0.25) is 4.55 Å². The summed E-state index contributed by atoms with van der Waals surface area (Å²) in [5.74, 6) is -1.66. The SMILES string of the molecule is CN(C)S(=O)(=O)n1ccnc1-c1cc(F)c2c(c1)c(/C=C/c1ccc(F)cc1)nn2S(=O)(=O)O. The summed E-state index contributed by atoms with van der Waals surface area (Å²) in [5, 5.41) is 3.76. The zero-order valence-corrected chi connectivity index (χ0v) is 19.3. The van der Waals surface area contributed by atoms with Crippen molar-refractivity contribution in [3.05, 3.63) is 71.7 Å². The molecule has 4 rings (SSSR count). The Hall–Kier alpha value is -3.46. The third kappa shape index (κ3) is 4.23. The predicted octanol–water partition coefficient (Wildman–Crippen LogP) is 2.65. The molecule has 178 valence electrons. The van der Waals surface area contributed by atoms with Crippen LogP contribution in [-0.2, 0) is 20.5 Å². The summed E-state index contributed by atoms with van der Waals surface area (Å²) in [5.41, 5.74) is -0.0307. The summed E-state index contributed by atoms with van der Waals surface area (Å²) in [4.78, 5) is 4.01. The molecule has 34 heavy (non-hydrogen) atoms. The van der Waals surface area contributed by atoms with E-state index in [4.69, 9.17) is 0 Å². The Labute approximate surface area is 193 Å². The van der Waals surface area contributed by atoms with Crippen LogP contribution < -0.4 is 0 Å². The summed E-state index contributed by atoms with van der Waals surface area (Å²) in [6.45, 7) is 0. The molecule has 0 aliphatic carbocycles. The van der Waals surface area contributed by atoms with E-state index in [0.29, 0.717) is 5.56 Å². The molecule has 0 atom stereocenters. The van der Waals surface area contributed by atoms with E-state index in [1.54, 1.807) is 0 Å². The van der Waals surface area contributed by atoms with Crippen molar-refractivity contribution in [3.8, 4) is 11.4 Å². The average molecular weight is 510 g/mol. The van der Waals surface area contributed by atoms with Gasteiger partial charge in [0, 0.05) is 37.4 Å². The lowest BCUT2D eigenvalue weighted by Gasteiger charge is -2.14. The van der Waals surface area contributed by atoms with Gasteiger partial charge in [0.05, 0.1) is 5.69 Å². The van der Waals surface area contributed by atoms with Gasteiger partial charge >= 0.3 is 20.5 Å². The van der Waals surface area contributed by atoms with Crippen molar-refractivity contribution in [2.45, 2.75) is 0 Å². The molecular weight excluding hydrogens is 492 g/mol. The third-order valence-electron chi connectivity index (χ3n) is 4.83. The van der Waals surface area contributed by atoms with E-state index in [9.17, 15) is 25.8 Å². The van der Waals surface area contributed by atoms with Crippen LogP contribution in [0.2, 0.25) is 0 Å². The second-order valence-corrected chi connectivity index (χ2v) is 10.5. The molecule has 4 aromatic rings. The molecule has 2 aromatic carbocycles. The molecule has 14 heteroatoms. The Morgan fingerprint density at radius 3 is 2.32 bits per heavy atom. The number of hydrogen-bond acceptors (Lipinski definition) is 6. The molecule has 0 amide bonds. The smallest absolute Gasteiger partial charge is 0.268 e. The Morgan fingerprint density at radius 1 is 1.03 bits per heavy atom. The van der Waals surface area contributed by atoms with Crippen molar-refractivity contribution in [3.63, 3.8) is 0 Å². The van der Waals surface area contributed by atoms with Crippen LogP contribution in [0.1, 0.15) is 11.3 Å². The Morgan fingerprint density at radius 2 is 1.71 bits per heavy atom. The molecule has 10 nitrogen and oxygen atoms in total. The van der Waals surface area contributed by atoms with Gasteiger partial charge in [-0.1, -0.05) is 18.2 Å². The largest absolute Gasteiger partial charge is 0.379 e. The van der Waals surface area contributed by atoms with Crippen molar-refractivity contribution in [2.75, 3.05) is 14.1 Å². The molecule has 2 aromatic heterocycles. The van der Waals surface area contributed by atoms with E-state index < -0.39 is 37.7 Å². The zero-order valence-electron chi connectivity index (χ0n) is 17.7. The number of nitrogens with zero attached hydrogens (tertiary/aromatic N) is 5. The van der Waals surface area contributed by atoms with Crippen molar-refractivity contribution in [1.82, 2.24) is 22.4 Å². The number of hydrogen-bond donors (Lipinski definition) is 1. The number of aromatic nitrogens is 4. The summed E-state index contributed by atoms with van der Waals surface area (Å²) in [6, 6.07) is 7.56. The molecule has 0 fully saturated rings. The van der Waals surface area contributed by atoms with E-state index in [1.165, 1.54) is 69.0 Å². The van der Waals surface area contributed by atoms with Gasteiger partial charge in [0.1, 0.15) is 11.3 Å². The third-order valence-corrected chi connectivity index (χ3v) is 7.24. The Kier molecular flexibility index (Phi) is 5.85. The highest BCUT2D eigenvalue weighted by molar-refractivity contribution is 7.87. The van der Waals surface area contributed by atoms with E-state index in [0.717, 1.165) is 14.3 Å². The molecule has 0 aliphatic heterocycles. The summed E-state index contributed by atoms with van der Waals surface area (Å²) in [6.07, 6.45) is 5.24. The van der Waals surface area contributed by atoms with Crippen LogP contribution in [0.3, 0.4) is 0 Å². The first kappa shape index (κ1) is 23.7. The standard InChI is InChI=1S/C20H17F2N5O5S2/c1-25(2)33(28,29)26-10-9-23-20(26)14-11-16-18(8-5-13-3-6-15(21)7-4-13)24-27(34(30,31)32)19(16)17(22)12-14/h3-12H,1-2H3,(H,30,31,32)/b8-5+. The first-order chi connectivity index (χ1) is 15.9. The molecule has 2 heterocycles. The highest BCUT2D eigenvalue weighted by Gasteiger charge is 2.25. The highest BCUT2D eigenvalue weighted by atomic mass is 32.2. The van der Waals surface area contributed by atoms with Gasteiger partial charge in [-0.25, -0.2) is 17.7 Å². The zero-order chi connectivity index (χ0) is 24.8. The number of rotatable bonds is 6. The minimum atomic E-state index is -4.97. The summed E-state index contributed by atoms with van der Waals surface area (Å²) < 4.78 is 88.6. The maximum absolute atomic E-state index is 15.1. The number of fused-ring (bicyclic) bond motifs is 1. The van der Waals surface area contributed by atoms with Gasteiger partial charge < -0.3 is 0 Å². The maximum Gasteiger partial charge on any atom is 0.379 e. The number of halogens is 2. The van der Waals surface area contributed by atoms with Gasteiger partial charge in [0.15, 0.2) is 11.6 Å². The van der Waals surface area contributed by atoms with Crippen molar-refractivity contribution in [1.29, 1.82) is 0 Å². The molecule has 0 aliphatic rings. The second kappa shape index (κ2) is 8.39. The van der Waals surface area contributed by atoms with E-state index in [2.05, 4.69) is 10.1 Å². The normalized spacial score (nSPS) is 12.9. The van der Waals surface area contributed by atoms with Crippen LogP contribution in [0.25, 0.3) is 34.4 Å². The minimum Gasteiger partial charge on any atom is -0.268 e. The Bertz CT molecular complexity index is 1640. The lowest BCUT2D eigenvalue weighted by atomic mass is 10.1. The molecule has 0 saturated heterocycles. The van der Waals surface area contributed by atoms with Gasteiger partial charge in [0.2, 0.25) is 0 Å². The fourth-order valence-electron chi connectivity index (χ4n) is 3.21. The van der Waals surface area contributed by atoms with Gasteiger partial charge in [0.25, 0.3) is 0 Å². The van der Waals surface area contributed by atoms with Gasteiger partial charge in [-0.15, -0.1) is 4.09 Å². The van der Waals surface area contributed by atoms with Crippen LogP contribution in [0.4, 0.5) is 8.78 Å². The van der Waals surface area contributed by atoms with Crippen molar-refractivity contribution < 1.29 is 30.2 Å². The average Bonchev–Trinajstić information content (AvgIpc) is 3.39. The molecule has 0 unspecified atom stereocenters. The minimum absolute atomic E-state index is 0.0201. The monoisotopic (exact) mass is 509 g/mol. The van der Waals surface area contributed by atoms with E-state index in [1.807, 2.05) is 0 Å². The molecule has 0 spiro atoms. The molecule has 0 radical (unpaired) electrons. The summed E-state index contributed by atoms with van der Waals surface area (Å²) in [7, 11) is -6.33. The van der Waals surface area contributed by atoms with Gasteiger partial charge in [-0.05, 0) is 35.9 Å². The van der Waals surface area contributed by atoms with Crippen LogP contribution >= 0.6 is 0 Å². The summed E-state index contributed by atoms with van der Waals surface area (Å²) >= 11 is 0. The van der Waals surface area contributed by atoms with E-state index >= 15 is 4.39 Å². The van der Waals surface area contributed by atoms with Crippen LogP contribution in [0, 0.1) is 11.6 Å².